The molecule has 17 heavy (non-hydrogen) atoms. The summed E-state index contributed by atoms with van der Waals surface area (Å²) in [6.45, 7) is 6.50. The van der Waals surface area contributed by atoms with Gasteiger partial charge in [-0.05, 0) is 33.6 Å². The number of nitrogens with zero attached hydrogens (tertiary/aromatic N) is 1. The average Bonchev–Trinajstić information content (AvgIpc) is 3.00. The van der Waals surface area contributed by atoms with Gasteiger partial charge in [-0.1, -0.05) is 0 Å². The van der Waals surface area contributed by atoms with Gasteiger partial charge in [-0.3, -0.25) is 4.79 Å². The first kappa shape index (κ1) is 12.5. The fourth-order valence-electron chi connectivity index (χ4n) is 1.80. The number of amides is 1. The van der Waals surface area contributed by atoms with E-state index < -0.39 is 0 Å². The Bertz CT molecular complexity index is 412. The molecule has 2 rings (SSSR count). The molecule has 1 atom stereocenters. The van der Waals surface area contributed by atoms with Crippen LogP contribution in [-0.4, -0.2) is 23.5 Å². The first-order valence-corrected chi connectivity index (χ1v) is 6.84. The molecule has 1 amide bonds. The van der Waals surface area contributed by atoms with E-state index in [4.69, 9.17) is 0 Å². The van der Waals surface area contributed by atoms with E-state index in [-0.39, 0.29) is 11.9 Å². The highest BCUT2D eigenvalue weighted by molar-refractivity contribution is 7.11. The summed E-state index contributed by atoms with van der Waals surface area (Å²) in [6.07, 6.45) is 2.26. The van der Waals surface area contributed by atoms with Crippen molar-refractivity contribution in [3.63, 3.8) is 0 Å². The Kier molecular flexibility index (Phi) is 3.79. The zero-order valence-electron chi connectivity index (χ0n) is 10.5. The van der Waals surface area contributed by atoms with Crippen LogP contribution >= 0.6 is 11.3 Å². The Hall–Kier alpha value is -0.940. The van der Waals surface area contributed by atoms with Crippen molar-refractivity contribution >= 4 is 17.2 Å². The predicted octanol–water partition coefficient (Wildman–Crippen LogP) is 1.69. The van der Waals surface area contributed by atoms with E-state index in [0.717, 1.165) is 23.5 Å². The summed E-state index contributed by atoms with van der Waals surface area (Å²) in [6, 6.07) is 0.563. The second kappa shape index (κ2) is 5.14. The minimum absolute atomic E-state index is 0.0870. The maximum absolute atomic E-state index is 11.5. The van der Waals surface area contributed by atoms with Gasteiger partial charge in [0.25, 0.3) is 0 Å². The summed E-state index contributed by atoms with van der Waals surface area (Å²) in [7, 11) is 0. The minimum Gasteiger partial charge on any atom is -0.352 e. The van der Waals surface area contributed by atoms with E-state index in [1.54, 1.807) is 11.3 Å². The Labute approximate surface area is 106 Å². The second-order valence-electron chi connectivity index (χ2n) is 4.62. The van der Waals surface area contributed by atoms with E-state index in [9.17, 15) is 4.79 Å². The van der Waals surface area contributed by atoms with Crippen LogP contribution in [0, 0.1) is 13.8 Å². The van der Waals surface area contributed by atoms with Crippen LogP contribution in [0.5, 0.6) is 0 Å². The maximum atomic E-state index is 11.5. The molecule has 0 aliphatic heterocycles. The van der Waals surface area contributed by atoms with Gasteiger partial charge in [-0.2, -0.15) is 0 Å². The van der Waals surface area contributed by atoms with Crippen molar-refractivity contribution in [3.05, 3.63) is 15.6 Å². The van der Waals surface area contributed by atoms with Gasteiger partial charge in [0.05, 0.1) is 17.2 Å². The quantitative estimate of drug-likeness (QED) is 0.839. The molecule has 1 fully saturated rings. The smallest absolute Gasteiger partial charge is 0.234 e. The standard InChI is InChI=1S/C12H19N3OS/c1-7(12-8(2)17-9(3)14-12)13-6-11(16)15-10-4-5-10/h7,10,13H,4-6H2,1-3H3,(H,15,16). The van der Waals surface area contributed by atoms with Crippen LogP contribution in [0.3, 0.4) is 0 Å². The van der Waals surface area contributed by atoms with Crippen LogP contribution in [0.25, 0.3) is 0 Å². The number of rotatable bonds is 5. The molecule has 1 aromatic rings. The summed E-state index contributed by atoms with van der Waals surface area (Å²) in [4.78, 5) is 17.2. The average molecular weight is 253 g/mol. The highest BCUT2D eigenvalue weighted by Crippen LogP contribution is 2.22. The van der Waals surface area contributed by atoms with Crippen LogP contribution < -0.4 is 10.6 Å². The number of aryl methyl sites for hydroxylation is 2. The van der Waals surface area contributed by atoms with Crippen molar-refractivity contribution in [1.82, 2.24) is 15.6 Å². The third-order valence-electron chi connectivity index (χ3n) is 2.86. The molecule has 1 aliphatic rings. The van der Waals surface area contributed by atoms with E-state index in [0.29, 0.717) is 12.6 Å². The molecular weight excluding hydrogens is 234 g/mol. The van der Waals surface area contributed by atoms with Crippen LogP contribution in [-0.2, 0) is 4.79 Å². The molecule has 1 aromatic heterocycles. The predicted molar refractivity (Wildman–Crippen MR) is 69.2 cm³/mol. The van der Waals surface area contributed by atoms with Crippen LogP contribution in [0.15, 0.2) is 0 Å². The van der Waals surface area contributed by atoms with Crippen molar-refractivity contribution in [2.24, 2.45) is 0 Å². The number of nitrogens with one attached hydrogen (secondary N) is 2. The number of thiazole rings is 1. The number of aromatic nitrogens is 1. The molecule has 1 saturated carbocycles. The third kappa shape index (κ3) is 3.51. The molecule has 0 spiro atoms. The molecule has 4 nitrogen and oxygen atoms in total. The van der Waals surface area contributed by atoms with Gasteiger partial charge in [0.1, 0.15) is 0 Å². The van der Waals surface area contributed by atoms with Crippen molar-refractivity contribution < 1.29 is 4.79 Å². The lowest BCUT2D eigenvalue weighted by molar-refractivity contribution is -0.120. The van der Waals surface area contributed by atoms with Crippen LogP contribution in [0.2, 0.25) is 0 Å². The lowest BCUT2D eigenvalue weighted by atomic mass is 10.2. The second-order valence-corrected chi connectivity index (χ2v) is 6.03. The van der Waals surface area contributed by atoms with Crippen molar-refractivity contribution in [1.29, 1.82) is 0 Å². The minimum atomic E-state index is 0.0870. The van der Waals surface area contributed by atoms with Crippen molar-refractivity contribution in [2.75, 3.05) is 6.54 Å². The number of carbonyl (C=O) groups excluding carboxylic acids is 1. The fraction of sp³-hybridized carbons (Fsp3) is 0.667. The Morgan fingerprint density at radius 3 is 2.76 bits per heavy atom. The summed E-state index contributed by atoms with van der Waals surface area (Å²) >= 11 is 1.70. The van der Waals surface area contributed by atoms with Crippen LogP contribution in [0.4, 0.5) is 0 Å². The molecule has 1 unspecified atom stereocenters. The molecule has 1 heterocycles. The summed E-state index contributed by atoms with van der Waals surface area (Å²) in [5, 5.41) is 7.26. The SMILES string of the molecule is Cc1nc(C(C)NCC(=O)NC2CC2)c(C)s1. The van der Waals surface area contributed by atoms with Crippen LogP contribution in [0.1, 0.15) is 41.4 Å². The molecule has 0 aromatic carbocycles. The topological polar surface area (TPSA) is 54.0 Å². The molecular formula is C12H19N3OS. The van der Waals surface area contributed by atoms with Gasteiger partial charge in [0.2, 0.25) is 5.91 Å². The summed E-state index contributed by atoms with van der Waals surface area (Å²) < 4.78 is 0. The first-order valence-electron chi connectivity index (χ1n) is 6.03. The maximum Gasteiger partial charge on any atom is 0.234 e. The Morgan fingerprint density at radius 2 is 2.24 bits per heavy atom. The first-order chi connectivity index (χ1) is 8.06. The van der Waals surface area contributed by atoms with Gasteiger partial charge >= 0.3 is 0 Å². The van der Waals surface area contributed by atoms with Gasteiger partial charge in [0.15, 0.2) is 0 Å². The van der Waals surface area contributed by atoms with E-state index >= 15 is 0 Å². The number of carbonyl (C=O) groups is 1. The van der Waals surface area contributed by atoms with Gasteiger partial charge in [0, 0.05) is 17.0 Å². The molecule has 1 aliphatic carbocycles. The largest absolute Gasteiger partial charge is 0.352 e. The molecule has 94 valence electrons. The highest BCUT2D eigenvalue weighted by atomic mass is 32.1. The molecule has 2 N–H and O–H groups in total. The Morgan fingerprint density at radius 1 is 1.53 bits per heavy atom. The molecule has 5 heteroatoms. The normalized spacial score (nSPS) is 16.9. The molecule has 0 radical (unpaired) electrons. The molecule has 0 bridgehead atoms. The monoisotopic (exact) mass is 253 g/mol. The summed E-state index contributed by atoms with van der Waals surface area (Å²) in [5.74, 6) is 0.0870. The fourth-order valence-corrected chi connectivity index (χ4v) is 2.71. The highest BCUT2D eigenvalue weighted by Gasteiger charge is 2.23. The third-order valence-corrected chi connectivity index (χ3v) is 3.76. The zero-order chi connectivity index (χ0) is 12.4. The van der Waals surface area contributed by atoms with E-state index in [1.807, 2.05) is 13.8 Å². The van der Waals surface area contributed by atoms with E-state index in [1.165, 1.54) is 4.88 Å². The molecule has 0 saturated heterocycles. The summed E-state index contributed by atoms with van der Waals surface area (Å²) in [5.41, 5.74) is 1.06. The van der Waals surface area contributed by atoms with Crippen molar-refractivity contribution in [3.8, 4) is 0 Å². The zero-order valence-corrected chi connectivity index (χ0v) is 11.4. The van der Waals surface area contributed by atoms with Gasteiger partial charge in [-0.25, -0.2) is 4.98 Å². The Balaban J connectivity index is 1.81. The van der Waals surface area contributed by atoms with Gasteiger partial charge < -0.3 is 10.6 Å². The van der Waals surface area contributed by atoms with E-state index in [2.05, 4.69) is 22.5 Å². The lowest BCUT2D eigenvalue weighted by Gasteiger charge is -2.12. The van der Waals surface area contributed by atoms with Crippen molar-refractivity contribution in [2.45, 2.75) is 45.7 Å². The number of hydrogen-bond acceptors (Lipinski definition) is 4. The number of hydrogen-bond donors (Lipinski definition) is 2. The lowest BCUT2D eigenvalue weighted by Crippen LogP contribution is -2.36. The van der Waals surface area contributed by atoms with Gasteiger partial charge in [-0.15, -0.1) is 11.3 Å².